The third kappa shape index (κ3) is 3.17. The summed E-state index contributed by atoms with van der Waals surface area (Å²) >= 11 is 0. The van der Waals surface area contributed by atoms with Crippen LogP contribution in [0.2, 0.25) is 0 Å². The van der Waals surface area contributed by atoms with Gasteiger partial charge < -0.3 is 4.42 Å². The second kappa shape index (κ2) is 5.21. The lowest BCUT2D eigenvalue weighted by Crippen LogP contribution is -2.04. The predicted molar refractivity (Wildman–Crippen MR) is 64.4 cm³/mol. The number of nitrogens with zero attached hydrogens (tertiary/aromatic N) is 3. The lowest BCUT2D eigenvalue weighted by Gasteiger charge is -2.03. The minimum atomic E-state index is -4.92. The molecule has 2 rings (SSSR count). The van der Waals surface area contributed by atoms with Crippen LogP contribution in [0.15, 0.2) is 27.5 Å². The number of aromatic nitrogens is 2. The minimum absolute atomic E-state index is 0.483. The second-order valence-electron chi connectivity index (χ2n) is 3.79. The van der Waals surface area contributed by atoms with Crippen molar-refractivity contribution < 1.29 is 30.9 Å². The van der Waals surface area contributed by atoms with Crippen LogP contribution in [0.5, 0.6) is 0 Å². The number of non-ortho nitro benzene ring substituents is 1. The summed E-state index contributed by atoms with van der Waals surface area (Å²) in [6.07, 6.45) is -4.92. The van der Waals surface area contributed by atoms with E-state index in [-0.39, 0.29) is 0 Å². The zero-order valence-electron chi connectivity index (χ0n) is 10.0. The first-order valence-corrected chi connectivity index (χ1v) is 7.45. The normalized spacial score (nSPS) is 12.4. The molecule has 118 valence electrons. The van der Waals surface area contributed by atoms with Crippen LogP contribution in [-0.4, -0.2) is 23.5 Å². The maximum absolute atomic E-state index is 12.4. The van der Waals surface area contributed by atoms with E-state index >= 15 is 0 Å². The lowest BCUT2D eigenvalue weighted by atomic mass is 10.2. The van der Waals surface area contributed by atoms with Crippen LogP contribution in [0.25, 0.3) is 11.5 Å². The Balaban J connectivity index is 2.65. The predicted octanol–water partition coefficient (Wildman–Crippen LogP) is 2.59. The van der Waals surface area contributed by atoms with E-state index in [1.54, 1.807) is 0 Å². The summed E-state index contributed by atoms with van der Waals surface area (Å²) in [6.45, 7) is 0. The maximum atomic E-state index is 12.4. The van der Waals surface area contributed by atoms with E-state index in [0.29, 0.717) is 6.07 Å². The molecule has 0 fully saturated rings. The highest BCUT2D eigenvalue weighted by Gasteiger charge is 2.38. The Bertz CT molecular complexity index is 848. The van der Waals surface area contributed by atoms with Gasteiger partial charge in [-0.1, -0.05) is 0 Å². The molecule has 13 heteroatoms. The molecule has 22 heavy (non-hydrogen) atoms. The molecule has 0 amide bonds. The lowest BCUT2D eigenvalue weighted by molar-refractivity contribution is -0.385. The first-order valence-electron chi connectivity index (χ1n) is 5.14. The summed E-state index contributed by atoms with van der Waals surface area (Å²) < 4.78 is 64.4. The largest absolute Gasteiger partial charge is 0.470 e. The molecule has 1 aromatic heterocycles. The summed E-state index contributed by atoms with van der Waals surface area (Å²) in [5.74, 6) is -2.49. The second-order valence-corrected chi connectivity index (χ2v) is 6.32. The Morgan fingerprint density at radius 3 is 2.36 bits per heavy atom. The maximum Gasteiger partial charge on any atom is 0.470 e. The molecular weight excluding hydrogens is 355 g/mol. The van der Waals surface area contributed by atoms with E-state index in [9.17, 15) is 31.7 Å². The van der Waals surface area contributed by atoms with E-state index in [0.717, 1.165) is 12.1 Å². The monoisotopic (exact) mass is 357 g/mol. The van der Waals surface area contributed by atoms with Gasteiger partial charge in [0, 0.05) is 22.8 Å². The molecule has 0 unspecified atom stereocenters. The van der Waals surface area contributed by atoms with Crippen LogP contribution in [0.3, 0.4) is 0 Å². The fraction of sp³-hybridized carbons (Fsp3) is 0.111. The van der Waals surface area contributed by atoms with Crippen molar-refractivity contribution in [2.75, 3.05) is 0 Å². The van der Waals surface area contributed by atoms with Gasteiger partial charge in [0.25, 0.3) is 14.7 Å². The van der Waals surface area contributed by atoms with Crippen LogP contribution in [0.1, 0.15) is 5.89 Å². The Labute approximate surface area is 124 Å². The molecule has 0 spiro atoms. The van der Waals surface area contributed by atoms with E-state index in [1.807, 2.05) is 0 Å². The molecule has 0 saturated heterocycles. The zero-order chi connectivity index (χ0) is 16.7. The fourth-order valence-corrected chi connectivity index (χ4v) is 2.51. The van der Waals surface area contributed by atoms with Gasteiger partial charge in [0.15, 0.2) is 0 Å². The standard InChI is InChI=1S/C9H3ClF3N3O5S/c10-22(19,20)6-3-4(16(17)18)1-2-5(6)7-14-15-8(21-7)9(11,12)13/h1-3H. The molecule has 0 aliphatic rings. The summed E-state index contributed by atoms with van der Waals surface area (Å²) in [5, 5.41) is 16.4. The molecule has 0 aliphatic carbocycles. The van der Waals surface area contributed by atoms with Crippen LogP contribution in [0.4, 0.5) is 18.9 Å². The third-order valence-electron chi connectivity index (χ3n) is 2.34. The highest BCUT2D eigenvalue weighted by atomic mass is 35.7. The molecule has 0 saturated carbocycles. The van der Waals surface area contributed by atoms with Crippen molar-refractivity contribution in [3.8, 4) is 11.5 Å². The Hall–Kier alpha value is -2.21. The van der Waals surface area contributed by atoms with Crippen molar-refractivity contribution >= 4 is 25.4 Å². The van der Waals surface area contributed by atoms with Gasteiger partial charge in [0.2, 0.25) is 5.89 Å². The molecule has 0 radical (unpaired) electrons. The summed E-state index contributed by atoms with van der Waals surface area (Å²) in [5.41, 5.74) is -1.11. The highest BCUT2D eigenvalue weighted by molar-refractivity contribution is 8.13. The van der Waals surface area contributed by atoms with Gasteiger partial charge in [-0.15, -0.1) is 10.2 Å². The van der Waals surface area contributed by atoms with E-state index in [2.05, 4.69) is 14.6 Å². The van der Waals surface area contributed by atoms with Gasteiger partial charge in [-0.25, -0.2) is 8.42 Å². The van der Waals surface area contributed by atoms with Gasteiger partial charge >= 0.3 is 12.1 Å². The molecule has 1 aromatic carbocycles. The number of benzene rings is 1. The number of alkyl halides is 3. The van der Waals surface area contributed by atoms with E-state index < -0.39 is 48.1 Å². The van der Waals surface area contributed by atoms with E-state index in [4.69, 9.17) is 10.7 Å². The average Bonchev–Trinajstić information content (AvgIpc) is 2.86. The van der Waals surface area contributed by atoms with E-state index in [1.165, 1.54) is 0 Å². The SMILES string of the molecule is O=[N+]([O-])c1ccc(-c2nnc(C(F)(F)F)o2)c(S(=O)(=O)Cl)c1. The van der Waals surface area contributed by atoms with Gasteiger partial charge in [-0.2, -0.15) is 13.2 Å². The van der Waals surface area contributed by atoms with Crippen LogP contribution >= 0.6 is 10.7 Å². The third-order valence-corrected chi connectivity index (χ3v) is 3.70. The van der Waals surface area contributed by atoms with Crippen molar-refractivity contribution in [1.82, 2.24) is 10.2 Å². The molecule has 0 bridgehead atoms. The minimum Gasteiger partial charge on any atom is -0.413 e. The molecule has 0 atom stereocenters. The number of nitro groups is 1. The first-order chi connectivity index (χ1) is 10.00. The van der Waals surface area contributed by atoms with Crippen molar-refractivity contribution in [2.24, 2.45) is 0 Å². The topological polar surface area (TPSA) is 116 Å². The van der Waals surface area contributed by atoms with Crippen molar-refractivity contribution in [2.45, 2.75) is 11.1 Å². The zero-order valence-corrected chi connectivity index (χ0v) is 11.6. The summed E-state index contributed by atoms with van der Waals surface area (Å²) in [6, 6.07) is 2.29. The average molecular weight is 358 g/mol. The summed E-state index contributed by atoms with van der Waals surface area (Å²) in [4.78, 5) is 8.91. The van der Waals surface area contributed by atoms with Gasteiger partial charge in [0.05, 0.1) is 10.5 Å². The molecular formula is C9H3ClF3N3O5S. The molecule has 0 aliphatic heterocycles. The number of nitro benzene ring substituents is 1. The number of hydrogen-bond acceptors (Lipinski definition) is 7. The highest BCUT2D eigenvalue weighted by Crippen LogP contribution is 2.35. The van der Waals surface area contributed by atoms with Crippen molar-refractivity contribution in [3.63, 3.8) is 0 Å². The quantitative estimate of drug-likeness (QED) is 0.470. The van der Waals surface area contributed by atoms with Crippen molar-refractivity contribution in [3.05, 3.63) is 34.2 Å². The number of halogens is 4. The molecule has 2 aromatic rings. The fourth-order valence-electron chi connectivity index (χ4n) is 1.45. The van der Waals surface area contributed by atoms with Crippen LogP contribution in [-0.2, 0) is 15.2 Å². The Morgan fingerprint density at radius 1 is 1.27 bits per heavy atom. The summed E-state index contributed by atoms with van der Waals surface area (Å²) in [7, 11) is 0.619. The number of hydrogen-bond donors (Lipinski definition) is 0. The number of rotatable bonds is 3. The van der Waals surface area contributed by atoms with Gasteiger partial charge in [0.1, 0.15) is 4.90 Å². The van der Waals surface area contributed by atoms with Gasteiger partial charge in [-0.3, -0.25) is 10.1 Å². The van der Waals surface area contributed by atoms with Crippen LogP contribution in [0, 0.1) is 10.1 Å². The first kappa shape index (κ1) is 16.2. The molecule has 1 heterocycles. The smallest absolute Gasteiger partial charge is 0.413 e. The Morgan fingerprint density at radius 2 is 1.91 bits per heavy atom. The van der Waals surface area contributed by atoms with Crippen molar-refractivity contribution in [1.29, 1.82) is 0 Å². The van der Waals surface area contributed by atoms with Gasteiger partial charge in [-0.05, 0) is 6.07 Å². The Kier molecular flexibility index (Phi) is 3.83. The molecule has 0 N–H and O–H groups in total. The molecule has 8 nitrogen and oxygen atoms in total. The van der Waals surface area contributed by atoms with Crippen LogP contribution < -0.4 is 0 Å².